The topological polar surface area (TPSA) is 32.6 Å². The first-order chi connectivity index (χ1) is 4.83. The van der Waals surface area contributed by atoms with E-state index in [2.05, 4.69) is 4.99 Å². The van der Waals surface area contributed by atoms with E-state index < -0.39 is 0 Å². The summed E-state index contributed by atoms with van der Waals surface area (Å²) in [5.41, 5.74) is 0.779. The van der Waals surface area contributed by atoms with Crippen LogP contribution in [0.25, 0.3) is 0 Å². The molecule has 2 heteroatoms. The lowest BCUT2D eigenvalue weighted by atomic mass is 10.1. The molecule has 0 fully saturated rings. The van der Waals surface area contributed by atoms with Crippen LogP contribution < -0.4 is 0 Å². The fourth-order valence-corrected chi connectivity index (χ4v) is 0.384. The Morgan fingerprint density at radius 1 is 1.27 bits per heavy atom. The minimum atomic E-state index is -0.108. The van der Waals surface area contributed by atoms with Crippen molar-refractivity contribution >= 4 is 6.21 Å². The number of hydrogen-bond donors (Lipinski definition) is 1. The van der Waals surface area contributed by atoms with Crippen molar-refractivity contribution in [2.75, 3.05) is 0 Å². The molecular formula is C9H17NO. The van der Waals surface area contributed by atoms with Crippen LogP contribution in [0.3, 0.4) is 0 Å². The number of aliphatic hydroxyl groups excluding tert-OH is 1. The Balaban J connectivity index is 4.27. The zero-order valence-electron chi connectivity index (χ0n) is 7.97. The Morgan fingerprint density at radius 3 is 2.00 bits per heavy atom. The summed E-state index contributed by atoms with van der Waals surface area (Å²) in [5.74, 6) is 0.264. The number of aliphatic hydroxyl groups is 1. The largest absolute Gasteiger partial charge is 0.506 e. The third-order valence-corrected chi connectivity index (χ3v) is 1.09. The maximum absolute atomic E-state index is 9.22. The van der Waals surface area contributed by atoms with Crippen LogP contribution >= 0.6 is 0 Å². The summed E-state index contributed by atoms with van der Waals surface area (Å²) >= 11 is 0. The van der Waals surface area contributed by atoms with Crippen LogP contribution in [0.2, 0.25) is 0 Å². The molecule has 0 saturated heterocycles. The fraction of sp³-hybridized carbons (Fsp3) is 0.667. The molecule has 1 N–H and O–H groups in total. The molecule has 0 radical (unpaired) electrons. The van der Waals surface area contributed by atoms with Gasteiger partial charge in [-0.2, -0.15) is 0 Å². The number of aliphatic imine (C=N–C) groups is 1. The fourth-order valence-electron chi connectivity index (χ4n) is 0.384. The number of allylic oxidation sites excluding steroid dienone is 2. The molecule has 0 bridgehead atoms. The first-order valence-electron chi connectivity index (χ1n) is 3.74. The standard InChI is InChI=1S/C9H17NO/c1-7(2)8(11)6-10-9(3,4)5/h6,11H,1-5H3/b10-6+. The van der Waals surface area contributed by atoms with E-state index in [-0.39, 0.29) is 11.3 Å². The molecule has 0 heterocycles. The summed E-state index contributed by atoms with van der Waals surface area (Å²) in [4.78, 5) is 4.14. The summed E-state index contributed by atoms with van der Waals surface area (Å²) in [5, 5.41) is 9.22. The first-order valence-corrected chi connectivity index (χ1v) is 3.74. The van der Waals surface area contributed by atoms with E-state index in [1.165, 1.54) is 6.21 Å². The Hall–Kier alpha value is -0.790. The molecule has 0 rings (SSSR count). The van der Waals surface area contributed by atoms with Crippen molar-refractivity contribution in [2.45, 2.75) is 40.2 Å². The summed E-state index contributed by atoms with van der Waals surface area (Å²) in [7, 11) is 0. The highest BCUT2D eigenvalue weighted by Crippen LogP contribution is 2.06. The Kier molecular flexibility index (Phi) is 3.30. The van der Waals surface area contributed by atoms with E-state index in [0.29, 0.717) is 0 Å². The third kappa shape index (κ3) is 5.64. The summed E-state index contributed by atoms with van der Waals surface area (Å²) in [6.45, 7) is 9.67. The van der Waals surface area contributed by atoms with Gasteiger partial charge in [-0.25, -0.2) is 0 Å². The van der Waals surface area contributed by atoms with Crippen molar-refractivity contribution in [1.82, 2.24) is 0 Å². The molecule has 0 atom stereocenters. The van der Waals surface area contributed by atoms with Gasteiger partial charge in [-0.05, 0) is 40.2 Å². The third-order valence-electron chi connectivity index (χ3n) is 1.09. The zero-order chi connectivity index (χ0) is 9.07. The quantitative estimate of drug-likeness (QED) is 0.458. The molecule has 0 unspecified atom stereocenters. The van der Waals surface area contributed by atoms with Crippen molar-refractivity contribution in [1.29, 1.82) is 0 Å². The van der Waals surface area contributed by atoms with E-state index in [1.807, 2.05) is 34.6 Å². The van der Waals surface area contributed by atoms with Gasteiger partial charge in [0.15, 0.2) is 0 Å². The molecule has 11 heavy (non-hydrogen) atoms. The second-order valence-corrected chi connectivity index (χ2v) is 3.81. The molecule has 0 aliphatic carbocycles. The highest BCUT2D eigenvalue weighted by Gasteiger charge is 2.04. The van der Waals surface area contributed by atoms with Gasteiger partial charge in [0.1, 0.15) is 5.76 Å². The molecule has 0 aromatic carbocycles. The van der Waals surface area contributed by atoms with Gasteiger partial charge in [-0.1, -0.05) is 0 Å². The van der Waals surface area contributed by atoms with Crippen molar-refractivity contribution < 1.29 is 5.11 Å². The van der Waals surface area contributed by atoms with Crippen molar-refractivity contribution in [3.63, 3.8) is 0 Å². The van der Waals surface area contributed by atoms with E-state index in [4.69, 9.17) is 0 Å². The average molecular weight is 155 g/mol. The van der Waals surface area contributed by atoms with E-state index in [1.54, 1.807) is 0 Å². The molecular weight excluding hydrogens is 138 g/mol. The molecule has 0 aromatic rings. The Labute approximate surface area is 68.7 Å². The molecule has 0 aliphatic heterocycles. The lowest BCUT2D eigenvalue weighted by Crippen LogP contribution is -2.10. The monoisotopic (exact) mass is 155 g/mol. The lowest BCUT2D eigenvalue weighted by molar-refractivity contribution is 0.437. The van der Waals surface area contributed by atoms with Gasteiger partial charge in [0, 0.05) is 0 Å². The summed E-state index contributed by atoms with van der Waals surface area (Å²) < 4.78 is 0. The van der Waals surface area contributed by atoms with Crippen LogP contribution in [0.15, 0.2) is 16.3 Å². The highest BCUT2D eigenvalue weighted by atomic mass is 16.3. The number of hydrogen-bond acceptors (Lipinski definition) is 2. The van der Waals surface area contributed by atoms with Crippen molar-refractivity contribution in [3.05, 3.63) is 11.3 Å². The molecule has 64 valence electrons. The molecule has 0 aromatic heterocycles. The van der Waals surface area contributed by atoms with Crippen LogP contribution in [-0.4, -0.2) is 16.9 Å². The van der Waals surface area contributed by atoms with Crippen LogP contribution in [0.5, 0.6) is 0 Å². The molecule has 0 aliphatic rings. The average Bonchev–Trinajstić information content (AvgIpc) is 1.80. The normalized spacial score (nSPS) is 12.1. The van der Waals surface area contributed by atoms with Crippen molar-refractivity contribution in [2.24, 2.45) is 4.99 Å². The van der Waals surface area contributed by atoms with Gasteiger partial charge in [0.05, 0.1) is 11.8 Å². The predicted molar refractivity (Wildman–Crippen MR) is 49.2 cm³/mol. The maximum Gasteiger partial charge on any atom is 0.132 e. The van der Waals surface area contributed by atoms with Crippen LogP contribution in [-0.2, 0) is 0 Å². The SMILES string of the molecule is CC(C)=C(O)/C=N/C(C)(C)C. The van der Waals surface area contributed by atoms with Gasteiger partial charge >= 0.3 is 0 Å². The van der Waals surface area contributed by atoms with Gasteiger partial charge in [-0.15, -0.1) is 0 Å². The summed E-state index contributed by atoms with van der Waals surface area (Å²) in [6, 6.07) is 0. The van der Waals surface area contributed by atoms with Gasteiger partial charge in [0.2, 0.25) is 0 Å². The van der Waals surface area contributed by atoms with Crippen LogP contribution in [0.4, 0.5) is 0 Å². The minimum Gasteiger partial charge on any atom is -0.506 e. The number of rotatable bonds is 1. The van der Waals surface area contributed by atoms with Crippen molar-refractivity contribution in [3.8, 4) is 0 Å². The van der Waals surface area contributed by atoms with Gasteiger partial charge in [0.25, 0.3) is 0 Å². The minimum absolute atomic E-state index is 0.108. The van der Waals surface area contributed by atoms with E-state index >= 15 is 0 Å². The second kappa shape index (κ2) is 3.56. The second-order valence-electron chi connectivity index (χ2n) is 3.81. The predicted octanol–water partition coefficient (Wildman–Crippen LogP) is 2.71. The maximum atomic E-state index is 9.22. The Morgan fingerprint density at radius 2 is 1.73 bits per heavy atom. The highest BCUT2D eigenvalue weighted by molar-refractivity contribution is 5.76. The zero-order valence-corrected chi connectivity index (χ0v) is 7.97. The molecule has 0 spiro atoms. The smallest absolute Gasteiger partial charge is 0.132 e. The van der Waals surface area contributed by atoms with E-state index in [0.717, 1.165) is 5.57 Å². The van der Waals surface area contributed by atoms with E-state index in [9.17, 15) is 5.11 Å². The number of nitrogens with zero attached hydrogens (tertiary/aromatic N) is 1. The van der Waals surface area contributed by atoms with Crippen LogP contribution in [0.1, 0.15) is 34.6 Å². The molecule has 0 amide bonds. The Bertz CT molecular complexity index is 180. The molecule has 0 saturated carbocycles. The lowest BCUT2D eigenvalue weighted by Gasteiger charge is -2.10. The van der Waals surface area contributed by atoms with Gasteiger partial charge < -0.3 is 5.11 Å². The van der Waals surface area contributed by atoms with Crippen LogP contribution in [0, 0.1) is 0 Å². The first kappa shape index (κ1) is 10.2. The van der Waals surface area contributed by atoms with Gasteiger partial charge in [-0.3, -0.25) is 4.99 Å². The summed E-state index contributed by atoms with van der Waals surface area (Å²) in [6.07, 6.45) is 1.51. The molecule has 2 nitrogen and oxygen atoms in total.